The van der Waals surface area contributed by atoms with Crippen molar-refractivity contribution in [3.8, 4) is 22.6 Å². The van der Waals surface area contributed by atoms with Crippen LogP contribution in [0.5, 0.6) is 11.5 Å². The first-order valence-corrected chi connectivity index (χ1v) is 10.5. The highest BCUT2D eigenvalue weighted by molar-refractivity contribution is 6.05. The number of nitrogens with zero attached hydrogens (tertiary/aromatic N) is 4. The third-order valence-corrected chi connectivity index (χ3v) is 5.06. The van der Waals surface area contributed by atoms with Crippen molar-refractivity contribution in [3.05, 3.63) is 65.9 Å². The Balaban J connectivity index is 1.75. The van der Waals surface area contributed by atoms with Gasteiger partial charge in [0.1, 0.15) is 0 Å². The molecule has 1 N–H and O–H groups in total. The molecular weight excluding hydrogens is 406 g/mol. The maximum absolute atomic E-state index is 12.8. The van der Waals surface area contributed by atoms with E-state index in [0.29, 0.717) is 47.3 Å². The standard InChI is InChI=1S/C24H25N5O3/c1-5-31-20-10-9-17(12-21(20)32-6-2)22-15(3)28-29-16(4)19(14-26-23(22)29)24(30)27-18-8-7-11-25-13-18/h7-14H,5-6H2,1-4H3,(H,27,30). The molecule has 0 fully saturated rings. The third-order valence-electron chi connectivity index (χ3n) is 5.06. The Kier molecular flexibility index (Phi) is 6.02. The minimum atomic E-state index is -0.265. The lowest BCUT2D eigenvalue weighted by Gasteiger charge is -2.12. The number of rotatable bonds is 7. The first-order valence-electron chi connectivity index (χ1n) is 10.5. The second-order valence-electron chi connectivity index (χ2n) is 7.18. The molecule has 0 unspecified atom stereocenters. The lowest BCUT2D eigenvalue weighted by molar-refractivity contribution is 0.102. The Bertz CT molecular complexity index is 1270. The van der Waals surface area contributed by atoms with Crippen molar-refractivity contribution in [1.82, 2.24) is 19.6 Å². The molecule has 32 heavy (non-hydrogen) atoms. The second kappa shape index (κ2) is 9.05. The highest BCUT2D eigenvalue weighted by Crippen LogP contribution is 2.36. The van der Waals surface area contributed by atoms with Crippen LogP contribution in [0.3, 0.4) is 0 Å². The second-order valence-corrected chi connectivity index (χ2v) is 7.18. The average molecular weight is 431 g/mol. The molecular formula is C24H25N5O3. The predicted molar refractivity (Wildman–Crippen MR) is 122 cm³/mol. The molecule has 0 radical (unpaired) electrons. The van der Waals surface area contributed by atoms with Gasteiger partial charge in [-0.1, -0.05) is 6.07 Å². The van der Waals surface area contributed by atoms with Gasteiger partial charge >= 0.3 is 0 Å². The van der Waals surface area contributed by atoms with Gasteiger partial charge < -0.3 is 14.8 Å². The molecule has 164 valence electrons. The van der Waals surface area contributed by atoms with E-state index in [9.17, 15) is 4.79 Å². The zero-order valence-corrected chi connectivity index (χ0v) is 18.5. The SMILES string of the molecule is CCOc1ccc(-c2c(C)nn3c(C)c(C(=O)Nc4cccnc4)cnc23)cc1OCC. The molecule has 0 atom stereocenters. The Morgan fingerprint density at radius 1 is 1.06 bits per heavy atom. The van der Waals surface area contributed by atoms with Crippen molar-refractivity contribution >= 4 is 17.2 Å². The number of benzene rings is 1. The van der Waals surface area contributed by atoms with Gasteiger partial charge in [-0.05, 0) is 57.5 Å². The predicted octanol–water partition coefficient (Wildman–Crippen LogP) is 4.46. The summed E-state index contributed by atoms with van der Waals surface area (Å²) in [6.45, 7) is 8.74. The van der Waals surface area contributed by atoms with Crippen molar-refractivity contribution in [2.24, 2.45) is 0 Å². The molecule has 1 aromatic carbocycles. The lowest BCUT2D eigenvalue weighted by atomic mass is 10.1. The number of aryl methyl sites for hydroxylation is 2. The summed E-state index contributed by atoms with van der Waals surface area (Å²) in [4.78, 5) is 21.4. The van der Waals surface area contributed by atoms with Crippen molar-refractivity contribution in [2.45, 2.75) is 27.7 Å². The van der Waals surface area contributed by atoms with E-state index in [1.54, 1.807) is 35.2 Å². The first kappa shape index (κ1) is 21.3. The number of hydrogen-bond donors (Lipinski definition) is 1. The number of ether oxygens (including phenoxy) is 2. The molecule has 0 aliphatic carbocycles. The maximum atomic E-state index is 12.8. The van der Waals surface area contributed by atoms with E-state index in [1.807, 2.05) is 45.9 Å². The van der Waals surface area contributed by atoms with Gasteiger partial charge in [-0.2, -0.15) is 5.10 Å². The zero-order valence-electron chi connectivity index (χ0n) is 18.5. The highest BCUT2D eigenvalue weighted by Gasteiger charge is 2.20. The van der Waals surface area contributed by atoms with Gasteiger partial charge in [-0.15, -0.1) is 0 Å². The molecule has 4 rings (SSSR count). The van der Waals surface area contributed by atoms with Crippen LogP contribution in [0.15, 0.2) is 48.9 Å². The van der Waals surface area contributed by atoms with Gasteiger partial charge in [0, 0.05) is 18.0 Å². The molecule has 0 spiro atoms. The molecule has 8 nitrogen and oxygen atoms in total. The number of aromatic nitrogens is 4. The summed E-state index contributed by atoms with van der Waals surface area (Å²) in [5, 5.41) is 7.51. The normalized spacial score (nSPS) is 10.9. The lowest BCUT2D eigenvalue weighted by Crippen LogP contribution is -2.16. The fraction of sp³-hybridized carbons (Fsp3) is 0.250. The molecule has 3 heterocycles. The monoisotopic (exact) mass is 431 g/mol. The number of amides is 1. The summed E-state index contributed by atoms with van der Waals surface area (Å²) in [7, 11) is 0. The minimum Gasteiger partial charge on any atom is -0.490 e. The molecule has 0 saturated carbocycles. The van der Waals surface area contributed by atoms with Crippen LogP contribution in [0.1, 0.15) is 35.6 Å². The largest absolute Gasteiger partial charge is 0.490 e. The third kappa shape index (κ3) is 3.99. The summed E-state index contributed by atoms with van der Waals surface area (Å²) in [6.07, 6.45) is 4.83. The summed E-state index contributed by atoms with van der Waals surface area (Å²) < 4.78 is 13.2. The van der Waals surface area contributed by atoms with E-state index in [0.717, 1.165) is 16.8 Å². The van der Waals surface area contributed by atoms with Crippen LogP contribution >= 0.6 is 0 Å². The fourth-order valence-corrected chi connectivity index (χ4v) is 3.60. The van der Waals surface area contributed by atoms with Crippen molar-refractivity contribution < 1.29 is 14.3 Å². The van der Waals surface area contributed by atoms with Crippen LogP contribution in [0.4, 0.5) is 5.69 Å². The van der Waals surface area contributed by atoms with Crippen LogP contribution in [-0.4, -0.2) is 38.7 Å². The molecule has 0 aliphatic rings. The summed E-state index contributed by atoms with van der Waals surface area (Å²) in [5.41, 5.74) is 5.03. The average Bonchev–Trinajstić information content (AvgIpc) is 3.13. The maximum Gasteiger partial charge on any atom is 0.259 e. The fourth-order valence-electron chi connectivity index (χ4n) is 3.60. The zero-order chi connectivity index (χ0) is 22.7. The Morgan fingerprint density at radius 3 is 2.56 bits per heavy atom. The van der Waals surface area contributed by atoms with Gasteiger partial charge in [0.2, 0.25) is 0 Å². The van der Waals surface area contributed by atoms with Crippen LogP contribution in [0.2, 0.25) is 0 Å². The highest BCUT2D eigenvalue weighted by atomic mass is 16.5. The van der Waals surface area contributed by atoms with Gasteiger partial charge in [0.15, 0.2) is 17.1 Å². The van der Waals surface area contributed by atoms with Gasteiger partial charge in [0.25, 0.3) is 5.91 Å². The molecule has 1 amide bonds. The van der Waals surface area contributed by atoms with Crippen LogP contribution in [0, 0.1) is 13.8 Å². The van der Waals surface area contributed by atoms with E-state index >= 15 is 0 Å². The van der Waals surface area contributed by atoms with Crippen LogP contribution < -0.4 is 14.8 Å². The smallest absolute Gasteiger partial charge is 0.259 e. The van der Waals surface area contributed by atoms with Gasteiger partial charge in [0.05, 0.1) is 42.0 Å². The molecule has 0 aliphatic heterocycles. The Labute approximate surface area is 186 Å². The van der Waals surface area contributed by atoms with Gasteiger partial charge in [-0.25, -0.2) is 9.50 Å². The topological polar surface area (TPSA) is 90.6 Å². The molecule has 3 aromatic heterocycles. The van der Waals surface area contributed by atoms with E-state index in [4.69, 9.17) is 9.47 Å². The number of carbonyl (C=O) groups excluding carboxylic acids is 1. The molecule has 4 aromatic rings. The number of fused-ring (bicyclic) bond motifs is 1. The quantitative estimate of drug-likeness (QED) is 0.465. The summed E-state index contributed by atoms with van der Waals surface area (Å²) in [6, 6.07) is 9.36. The van der Waals surface area contributed by atoms with Crippen LogP contribution in [0.25, 0.3) is 16.8 Å². The van der Waals surface area contributed by atoms with Gasteiger partial charge in [-0.3, -0.25) is 9.78 Å². The minimum absolute atomic E-state index is 0.265. The molecule has 0 saturated heterocycles. The van der Waals surface area contributed by atoms with E-state index < -0.39 is 0 Å². The Morgan fingerprint density at radius 2 is 1.84 bits per heavy atom. The van der Waals surface area contributed by atoms with Crippen molar-refractivity contribution in [1.29, 1.82) is 0 Å². The van der Waals surface area contributed by atoms with E-state index in [-0.39, 0.29) is 5.91 Å². The number of anilines is 1. The molecule has 0 bridgehead atoms. The van der Waals surface area contributed by atoms with E-state index in [1.165, 1.54) is 0 Å². The van der Waals surface area contributed by atoms with E-state index in [2.05, 4.69) is 20.4 Å². The first-order chi connectivity index (χ1) is 15.5. The number of pyridine rings is 1. The van der Waals surface area contributed by atoms with Crippen molar-refractivity contribution in [2.75, 3.05) is 18.5 Å². The number of nitrogens with one attached hydrogen (secondary N) is 1. The molecule has 8 heteroatoms. The van der Waals surface area contributed by atoms with Crippen molar-refractivity contribution in [3.63, 3.8) is 0 Å². The summed E-state index contributed by atoms with van der Waals surface area (Å²) >= 11 is 0. The number of carbonyl (C=O) groups is 1. The Hall–Kier alpha value is -3.94. The van der Waals surface area contributed by atoms with Crippen LogP contribution in [-0.2, 0) is 0 Å². The summed E-state index contributed by atoms with van der Waals surface area (Å²) in [5.74, 6) is 1.11. The number of hydrogen-bond acceptors (Lipinski definition) is 6.